The van der Waals surface area contributed by atoms with E-state index in [0.29, 0.717) is 17.8 Å². The van der Waals surface area contributed by atoms with Crippen molar-refractivity contribution in [2.45, 2.75) is 13.5 Å². The molecule has 2 rings (SSSR count). The lowest BCUT2D eigenvalue weighted by molar-refractivity contribution is -0.136. The molecule has 4 nitrogen and oxygen atoms in total. The molecule has 0 radical (unpaired) electrons. The number of carbonyl (C=O) groups is 2. The van der Waals surface area contributed by atoms with Crippen molar-refractivity contribution in [3.63, 3.8) is 0 Å². The minimum absolute atomic E-state index is 0.312. The summed E-state index contributed by atoms with van der Waals surface area (Å²) in [5.74, 6) is -1.87. The molecule has 0 atom stereocenters. The van der Waals surface area contributed by atoms with Crippen LogP contribution < -0.4 is 10.6 Å². The zero-order valence-electron chi connectivity index (χ0n) is 10.8. The van der Waals surface area contributed by atoms with E-state index in [1.54, 1.807) is 6.92 Å². The number of halogens is 1. The summed E-state index contributed by atoms with van der Waals surface area (Å²) in [6.45, 7) is 1.97. The molecule has 6 heteroatoms. The Balaban J connectivity index is 1.92. The lowest BCUT2D eigenvalue weighted by Crippen LogP contribution is -2.34. The van der Waals surface area contributed by atoms with Gasteiger partial charge in [-0.05, 0) is 42.1 Å². The summed E-state index contributed by atoms with van der Waals surface area (Å²) in [5.41, 5.74) is 0.979. The zero-order valence-corrected chi connectivity index (χ0v) is 11.6. The van der Waals surface area contributed by atoms with Gasteiger partial charge in [0.1, 0.15) is 5.82 Å². The monoisotopic (exact) mass is 292 g/mol. The maximum atomic E-state index is 12.9. The summed E-state index contributed by atoms with van der Waals surface area (Å²) >= 11 is 1.50. The Hall–Kier alpha value is -2.21. The topological polar surface area (TPSA) is 58.2 Å². The van der Waals surface area contributed by atoms with Crippen molar-refractivity contribution >= 4 is 28.8 Å². The number of hydrogen-bond donors (Lipinski definition) is 2. The number of thiophene rings is 1. The quantitative estimate of drug-likeness (QED) is 0.854. The Bertz CT molecular complexity index is 626. The smallest absolute Gasteiger partial charge is 0.313 e. The lowest BCUT2D eigenvalue weighted by Gasteiger charge is -2.08. The number of rotatable bonds is 3. The van der Waals surface area contributed by atoms with Gasteiger partial charge in [0.15, 0.2) is 0 Å². The number of amides is 2. The molecule has 1 aromatic heterocycles. The first-order chi connectivity index (χ1) is 9.56. The summed E-state index contributed by atoms with van der Waals surface area (Å²) in [6.07, 6.45) is 0. The fraction of sp³-hybridized carbons (Fsp3) is 0.143. The average Bonchev–Trinajstić information content (AvgIpc) is 2.92. The highest BCUT2D eigenvalue weighted by Gasteiger charge is 2.14. The molecule has 2 N–H and O–H groups in total. The minimum atomic E-state index is -0.767. The summed E-state index contributed by atoms with van der Waals surface area (Å²) in [7, 11) is 0. The second-order valence-electron chi connectivity index (χ2n) is 4.18. The number of aryl methyl sites for hydroxylation is 1. The molecule has 0 aliphatic heterocycles. The number of nitrogens with one attached hydrogen (secondary N) is 2. The van der Waals surface area contributed by atoms with Crippen LogP contribution in [0.2, 0.25) is 0 Å². The van der Waals surface area contributed by atoms with Gasteiger partial charge in [0.05, 0.1) is 6.54 Å². The van der Waals surface area contributed by atoms with Crippen LogP contribution in [0.4, 0.5) is 10.1 Å². The Morgan fingerprint density at radius 3 is 2.70 bits per heavy atom. The van der Waals surface area contributed by atoms with E-state index in [9.17, 15) is 14.0 Å². The fourth-order valence-electron chi connectivity index (χ4n) is 1.61. The van der Waals surface area contributed by atoms with Crippen LogP contribution in [-0.4, -0.2) is 11.8 Å². The largest absolute Gasteiger partial charge is 0.343 e. The SMILES string of the molecule is Cc1cc(F)ccc1NC(=O)C(=O)NCc1cccs1. The summed E-state index contributed by atoms with van der Waals surface area (Å²) in [5, 5.41) is 6.87. The minimum Gasteiger partial charge on any atom is -0.343 e. The van der Waals surface area contributed by atoms with Crippen LogP contribution in [0.3, 0.4) is 0 Å². The highest BCUT2D eigenvalue weighted by Crippen LogP contribution is 2.15. The number of benzene rings is 1. The number of hydrogen-bond acceptors (Lipinski definition) is 3. The van der Waals surface area contributed by atoms with Crippen LogP contribution >= 0.6 is 11.3 Å². The number of anilines is 1. The Labute approximate surface area is 119 Å². The zero-order chi connectivity index (χ0) is 14.5. The van der Waals surface area contributed by atoms with E-state index in [1.807, 2.05) is 17.5 Å². The third kappa shape index (κ3) is 3.64. The van der Waals surface area contributed by atoms with Crippen molar-refractivity contribution in [1.82, 2.24) is 5.32 Å². The maximum Gasteiger partial charge on any atom is 0.313 e. The Kier molecular flexibility index (Phi) is 4.47. The van der Waals surface area contributed by atoms with E-state index < -0.39 is 11.8 Å². The molecule has 0 saturated carbocycles. The van der Waals surface area contributed by atoms with Gasteiger partial charge in [-0.25, -0.2) is 4.39 Å². The van der Waals surface area contributed by atoms with E-state index in [2.05, 4.69) is 10.6 Å². The second-order valence-corrected chi connectivity index (χ2v) is 5.21. The van der Waals surface area contributed by atoms with Gasteiger partial charge < -0.3 is 10.6 Å². The van der Waals surface area contributed by atoms with Gasteiger partial charge in [0, 0.05) is 10.6 Å². The maximum absolute atomic E-state index is 12.9. The van der Waals surface area contributed by atoms with Crippen LogP contribution in [0.25, 0.3) is 0 Å². The summed E-state index contributed by atoms with van der Waals surface area (Å²) in [4.78, 5) is 24.3. The summed E-state index contributed by atoms with van der Waals surface area (Å²) < 4.78 is 12.9. The van der Waals surface area contributed by atoms with Gasteiger partial charge in [0.2, 0.25) is 0 Å². The highest BCUT2D eigenvalue weighted by molar-refractivity contribution is 7.09. The van der Waals surface area contributed by atoms with E-state index >= 15 is 0 Å². The lowest BCUT2D eigenvalue weighted by atomic mass is 10.2. The molecule has 0 saturated heterocycles. The third-order valence-corrected chi connectivity index (χ3v) is 3.52. The molecule has 1 heterocycles. The molecule has 0 spiro atoms. The van der Waals surface area contributed by atoms with E-state index in [4.69, 9.17) is 0 Å². The van der Waals surface area contributed by atoms with Crippen LogP contribution in [0, 0.1) is 12.7 Å². The molecular weight excluding hydrogens is 279 g/mol. The third-order valence-electron chi connectivity index (χ3n) is 2.65. The summed E-state index contributed by atoms with van der Waals surface area (Å²) in [6, 6.07) is 7.68. The molecule has 20 heavy (non-hydrogen) atoms. The van der Waals surface area contributed by atoms with Gasteiger partial charge in [-0.15, -0.1) is 11.3 Å². The van der Waals surface area contributed by atoms with Crippen molar-refractivity contribution in [3.8, 4) is 0 Å². The fourth-order valence-corrected chi connectivity index (χ4v) is 2.25. The molecule has 2 aromatic rings. The normalized spacial score (nSPS) is 10.1. The Morgan fingerprint density at radius 1 is 1.25 bits per heavy atom. The van der Waals surface area contributed by atoms with Crippen LogP contribution in [0.15, 0.2) is 35.7 Å². The van der Waals surface area contributed by atoms with E-state index in [0.717, 1.165) is 4.88 Å². The average molecular weight is 292 g/mol. The standard InChI is InChI=1S/C14H13FN2O2S/c1-9-7-10(15)4-5-12(9)17-14(19)13(18)16-8-11-3-2-6-20-11/h2-7H,8H2,1H3,(H,16,18)(H,17,19). The van der Waals surface area contributed by atoms with E-state index in [1.165, 1.54) is 29.5 Å². The van der Waals surface area contributed by atoms with Crippen molar-refractivity contribution in [2.24, 2.45) is 0 Å². The molecular formula is C14H13FN2O2S. The first kappa shape index (κ1) is 14.2. The molecule has 0 aliphatic rings. The predicted octanol–water partition coefficient (Wildman–Crippen LogP) is 2.45. The predicted molar refractivity (Wildman–Crippen MR) is 75.9 cm³/mol. The van der Waals surface area contributed by atoms with Crippen molar-refractivity contribution in [3.05, 3.63) is 52.0 Å². The van der Waals surface area contributed by atoms with Crippen molar-refractivity contribution < 1.29 is 14.0 Å². The van der Waals surface area contributed by atoms with Crippen LogP contribution in [0.5, 0.6) is 0 Å². The van der Waals surface area contributed by atoms with Crippen LogP contribution in [-0.2, 0) is 16.1 Å². The van der Waals surface area contributed by atoms with Gasteiger partial charge >= 0.3 is 11.8 Å². The van der Waals surface area contributed by atoms with E-state index in [-0.39, 0.29) is 5.82 Å². The molecule has 2 amide bonds. The Morgan fingerprint density at radius 2 is 2.05 bits per heavy atom. The van der Waals surface area contributed by atoms with Gasteiger partial charge in [-0.1, -0.05) is 6.07 Å². The molecule has 0 aliphatic carbocycles. The molecule has 104 valence electrons. The van der Waals surface area contributed by atoms with Gasteiger partial charge in [-0.2, -0.15) is 0 Å². The van der Waals surface area contributed by atoms with Crippen LogP contribution in [0.1, 0.15) is 10.4 Å². The first-order valence-corrected chi connectivity index (χ1v) is 6.82. The highest BCUT2D eigenvalue weighted by atomic mass is 32.1. The second kappa shape index (κ2) is 6.29. The molecule has 1 aromatic carbocycles. The van der Waals surface area contributed by atoms with Gasteiger partial charge in [0.25, 0.3) is 0 Å². The molecule has 0 unspecified atom stereocenters. The molecule has 0 bridgehead atoms. The van der Waals surface area contributed by atoms with Crippen molar-refractivity contribution in [2.75, 3.05) is 5.32 Å². The first-order valence-electron chi connectivity index (χ1n) is 5.94. The molecule has 0 fully saturated rings. The van der Waals surface area contributed by atoms with Crippen molar-refractivity contribution in [1.29, 1.82) is 0 Å². The van der Waals surface area contributed by atoms with Gasteiger partial charge in [-0.3, -0.25) is 9.59 Å². The number of carbonyl (C=O) groups excluding carboxylic acids is 2.